The summed E-state index contributed by atoms with van der Waals surface area (Å²) in [4.78, 5) is 50.1. The number of nitrogens with zero attached hydrogens (tertiary/aromatic N) is 4. The molecule has 0 aliphatic heterocycles. The molecule has 7 aromatic rings. The molecule has 9 rings (SSSR count). The van der Waals surface area contributed by atoms with Crippen LogP contribution in [-0.2, 0) is 43.4 Å². The quantitative estimate of drug-likeness (QED) is 0.0951. The largest absolute Gasteiger partial charge is 0.497 e. The van der Waals surface area contributed by atoms with Crippen molar-refractivity contribution in [2.75, 3.05) is 32.0 Å². The molecule has 2 aromatic heterocycles. The standard InChI is InChI=1S/C20H19FO3.C18H16F2N2O3.C13H12N4O/c1-24-17-8-4-15(5-9-17)13-19(23)20(10-11-20)18(22)12-14-2-6-16(21)7-3-14;1-25-15-7-6-13(10-14(15)20)22-17(24)18(8-9-18)16(23)21-12-4-2-11(19)3-5-12;1-18-9-13-15-14-12-8-7-11(16-17(12)13)10-5-3-2-4-6-10/h2-9H,10-13H2,1H3;2-7,10H,8-9H2,1H3,(H,21,23)(H,22,24);2-8H,9H2,1H3. The molecule has 0 atom stereocenters. The maximum Gasteiger partial charge on any atom is 0.240 e. The molecule has 16 heteroatoms. The highest BCUT2D eigenvalue weighted by Gasteiger charge is 2.57. The Balaban J connectivity index is 0.000000151. The summed E-state index contributed by atoms with van der Waals surface area (Å²) in [5.41, 5.74) is 2.91. The lowest BCUT2D eigenvalue weighted by molar-refractivity contribution is -0.134. The van der Waals surface area contributed by atoms with Crippen LogP contribution in [0.25, 0.3) is 16.9 Å². The lowest BCUT2D eigenvalue weighted by Crippen LogP contribution is -2.35. The van der Waals surface area contributed by atoms with E-state index in [0.717, 1.165) is 39.8 Å². The monoisotopic (exact) mass is 912 g/mol. The van der Waals surface area contributed by atoms with Gasteiger partial charge in [0, 0.05) is 43.0 Å². The smallest absolute Gasteiger partial charge is 0.240 e. The molecular formula is C51H47F3N6O7. The number of hydrogen-bond acceptors (Lipinski definition) is 10. The number of fused-ring (bicyclic) bond motifs is 1. The first-order chi connectivity index (χ1) is 32.4. The Kier molecular flexibility index (Phi) is 14.9. The molecule has 0 unspecified atom stereocenters. The summed E-state index contributed by atoms with van der Waals surface area (Å²) in [5.74, 6) is -0.921. The third-order valence-corrected chi connectivity index (χ3v) is 11.4. The highest BCUT2D eigenvalue weighted by atomic mass is 19.1. The van der Waals surface area contributed by atoms with Gasteiger partial charge >= 0.3 is 0 Å². The first-order valence-electron chi connectivity index (χ1n) is 21.3. The minimum atomic E-state index is -1.19. The number of anilines is 2. The van der Waals surface area contributed by atoms with E-state index in [2.05, 4.69) is 25.9 Å². The van der Waals surface area contributed by atoms with Crippen molar-refractivity contribution in [1.29, 1.82) is 0 Å². The van der Waals surface area contributed by atoms with E-state index in [9.17, 15) is 32.3 Å². The van der Waals surface area contributed by atoms with Crippen LogP contribution in [0.3, 0.4) is 0 Å². The molecule has 0 radical (unpaired) electrons. The second-order valence-electron chi connectivity index (χ2n) is 16.0. The van der Waals surface area contributed by atoms with Crippen LogP contribution in [0.1, 0.15) is 42.6 Å². The average molecular weight is 913 g/mol. The van der Waals surface area contributed by atoms with Crippen molar-refractivity contribution >= 4 is 40.4 Å². The molecule has 2 amide bonds. The van der Waals surface area contributed by atoms with Gasteiger partial charge in [0.2, 0.25) is 11.8 Å². The van der Waals surface area contributed by atoms with Gasteiger partial charge in [-0.05, 0) is 110 Å². The fourth-order valence-corrected chi connectivity index (χ4v) is 7.17. The number of aromatic nitrogens is 4. The number of hydrogen-bond donors (Lipinski definition) is 2. The number of rotatable bonds is 15. The summed E-state index contributed by atoms with van der Waals surface area (Å²) in [6, 6.07) is 36.3. The predicted octanol–water partition coefficient (Wildman–Crippen LogP) is 8.81. The van der Waals surface area contributed by atoms with Gasteiger partial charge < -0.3 is 24.8 Å². The SMILES string of the molecule is COCc1nnc2ccc(-c3ccccc3)nn12.COc1ccc(CC(=O)C2(C(=O)Cc3ccc(F)cc3)CC2)cc1.COc1ccc(NC(=O)C2(C(=O)Nc3ccc(F)cc3)CC2)cc1F. The molecule has 2 fully saturated rings. The topological polar surface area (TPSA) is 163 Å². The molecule has 2 saturated carbocycles. The lowest BCUT2D eigenvalue weighted by atomic mass is 9.88. The van der Waals surface area contributed by atoms with Crippen LogP contribution < -0.4 is 20.1 Å². The van der Waals surface area contributed by atoms with Gasteiger partial charge in [0.15, 0.2) is 34.6 Å². The number of carbonyl (C=O) groups excluding carboxylic acids is 4. The highest BCUT2D eigenvalue weighted by molar-refractivity contribution is 6.17. The van der Waals surface area contributed by atoms with Gasteiger partial charge in [0.05, 0.1) is 25.3 Å². The van der Waals surface area contributed by atoms with Crippen LogP contribution in [0.5, 0.6) is 11.5 Å². The number of benzene rings is 5. The molecule has 2 N–H and O–H groups in total. The fraction of sp³-hybridized carbons (Fsp3) is 0.235. The Hall–Kier alpha value is -7.72. The van der Waals surface area contributed by atoms with E-state index in [1.807, 2.05) is 66.7 Å². The van der Waals surface area contributed by atoms with Gasteiger partial charge in [0.25, 0.3) is 0 Å². The molecule has 2 aliphatic rings. The fourth-order valence-electron chi connectivity index (χ4n) is 7.17. The number of carbonyl (C=O) groups is 4. The second kappa shape index (κ2) is 21.1. The number of methoxy groups -OCH3 is 3. The van der Waals surface area contributed by atoms with Gasteiger partial charge in [-0.1, -0.05) is 54.6 Å². The minimum Gasteiger partial charge on any atom is -0.497 e. The molecular weight excluding hydrogens is 866 g/mol. The van der Waals surface area contributed by atoms with Crippen LogP contribution in [0.2, 0.25) is 0 Å². The van der Waals surface area contributed by atoms with Crippen molar-refractivity contribution in [3.63, 3.8) is 0 Å². The summed E-state index contributed by atoms with van der Waals surface area (Å²) in [6.07, 6.45) is 2.44. The number of amides is 2. The third-order valence-electron chi connectivity index (χ3n) is 11.4. The molecule has 13 nitrogen and oxygen atoms in total. The van der Waals surface area contributed by atoms with Crippen LogP contribution in [0.15, 0.2) is 133 Å². The van der Waals surface area contributed by atoms with E-state index in [1.165, 1.54) is 55.6 Å². The summed E-state index contributed by atoms with van der Waals surface area (Å²) >= 11 is 0. The van der Waals surface area contributed by atoms with E-state index in [-0.39, 0.29) is 41.7 Å². The Morgan fingerprint density at radius 2 is 1.16 bits per heavy atom. The van der Waals surface area contributed by atoms with Crippen molar-refractivity contribution in [3.8, 4) is 22.8 Å². The molecule has 2 heterocycles. The summed E-state index contributed by atoms with van der Waals surface area (Å²) < 4.78 is 56.3. The molecule has 344 valence electrons. The molecule has 67 heavy (non-hydrogen) atoms. The van der Waals surface area contributed by atoms with Crippen molar-refractivity contribution in [3.05, 3.63) is 168 Å². The summed E-state index contributed by atoms with van der Waals surface area (Å²) in [6.45, 7) is 0.395. The highest BCUT2D eigenvalue weighted by Crippen LogP contribution is 2.49. The van der Waals surface area contributed by atoms with Crippen molar-refractivity contribution in [1.82, 2.24) is 19.8 Å². The molecule has 2 aliphatic carbocycles. The third kappa shape index (κ3) is 11.6. The Bertz CT molecular complexity index is 2850. The Morgan fingerprint density at radius 1 is 0.612 bits per heavy atom. The van der Waals surface area contributed by atoms with E-state index < -0.39 is 34.3 Å². The van der Waals surface area contributed by atoms with Gasteiger partial charge in [0.1, 0.15) is 29.4 Å². The van der Waals surface area contributed by atoms with Crippen molar-refractivity contribution in [2.45, 2.75) is 45.1 Å². The molecule has 0 saturated heterocycles. The number of ether oxygens (including phenoxy) is 3. The van der Waals surface area contributed by atoms with Crippen molar-refractivity contribution < 1.29 is 46.6 Å². The zero-order valence-electron chi connectivity index (χ0n) is 36.9. The zero-order valence-corrected chi connectivity index (χ0v) is 36.9. The van der Waals surface area contributed by atoms with Gasteiger partial charge in [-0.15, -0.1) is 10.2 Å². The number of nitrogens with one attached hydrogen (secondary N) is 2. The summed E-state index contributed by atoms with van der Waals surface area (Å²) in [7, 11) is 4.56. The zero-order chi connectivity index (χ0) is 47.6. The minimum absolute atomic E-state index is 0.0280. The number of halogens is 3. The van der Waals surface area contributed by atoms with Crippen LogP contribution in [-0.4, -0.2) is 64.5 Å². The van der Waals surface area contributed by atoms with Crippen LogP contribution in [0, 0.1) is 28.3 Å². The van der Waals surface area contributed by atoms with E-state index in [1.54, 1.807) is 30.9 Å². The molecule has 0 bridgehead atoms. The van der Waals surface area contributed by atoms with Crippen LogP contribution in [0.4, 0.5) is 24.5 Å². The average Bonchev–Trinajstić information content (AvgIpc) is 4.29. The van der Waals surface area contributed by atoms with Gasteiger partial charge in [-0.25, -0.2) is 13.2 Å². The molecule has 0 spiro atoms. The lowest BCUT2D eigenvalue weighted by Gasteiger charge is -2.16. The molecule has 5 aromatic carbocycles. The van der Waals surface area contributed by atoms with Crippen LogP contribution >= 0.6 is 0 Å². The first-order valence-corrected chi connectivity index (χ1v) is 21.3. The van der Waals surface area contributed by atoms with E-state index in [4.69, 9.17) is 14.2 Å². The normalized spacial score (nSPS) is 13.7. The van der Waals surface area contributed by atoms with Gasteiger partial charge in [-0.3, -0.25) is 19.2 Å². The van der Waals surface area contributed by atoms with E-state index >= 15 is 0 Å². The van der Waals surface area contributed by atoms with Crippen molar-refractivity contribution in [2.24, 2.45) is 10.8 Å². The number of ketones is 2. The first kappa shape index (κ1) is 47.2. The van der Waals surface area contributed by atoms with Gasteiger partial charge in [-0.2, -0.15) is 9.61 Å². The van der Waals surface area contributed by atoms with E-state index in [0.29, 0.717) is 43.8 Å². The summed E-state index contributed by atoms with van der Waals surface area (Å²) in [5, 5.41) is 17.8. The number of Topliss-reactive ketones (excluding diaryl/α,β-unsaturated/α-hetero) is 2. The maximum atomic E-state index is 13.7. The Morgan fingerprint density at radius 3 is 1.70 bits per heavy atom. The second-order valence-corrected chi connectivity index (χ2v) is 16.0. The maximum absolute atomic E-state index is 13.7. The predicted molar refractivity (Wildman–Crippen MR) is 244 cm³/mol. The Labute approximate surface area is 384 Å².